The van der Waals surface area contributed by atoms with Gasteiger partial charge in [0.1, 0.15) is 0 Å². The molecule has 0 bridgehead atoms. The van der Waals surface area contributed by atoms with Crippen molar-refractivity contribution in [3.63, 3.8) is 0 Å². The summed E-state index contributed by atoms with van der Waals surface area (Å²) < 4.78 is 0. The number of carboxylic acids is 1. The molecule has 0 radical (unpaired) electrons. The summed E-state index contributed by atoms with van der Waals surface area (Å²) in [5, 5.41) is 8.84. The van der Waals surface area contributed by atoms with E-state index in [2.05, 4.69) is 13.8 Å². The summed E-state index contributed by atoms with van der Waals surface area (Å²) in [4.78, 5) is 24.6. The van der Waals surface area contributed by atoms with Gasteiger partial charge in [0.15, 0.2) is 0 Å². The number of amides is 1. The van der Waals surface area contributed by atoms with E-state index >= 15 is 0 Å². The van der Waals surface area contributed by atoms with Crippen LogP contribution in [0.2, 0.25) is 0 Å². The maximum atomic E-state index is 12.0. The van der Waals surface area contributed by atoms with E-state index in [1.165, 1.54) is 0 Å². The number of hydrogen-bond acceptors (Lipinski definition) is 2. The predicted molar refractivity (Wildman–Crippen MR) is 86.1 cm³/mol. The summed E-state index contributed by atoms with van der Waals surface area (Å²) in [7, 11) is 1.87. The van der Waals surface area contributed by atoms with Crippen molar-refractivity contribution in [3.8, 4) is 0 Å². The Bertz CT molecular complexity index is 330. The smallest absolute Gasteiger partial charge is 0.303 e. The molecule has 4 nitrogen and oxygen atoms in total. The molecular formula is C17H33NO3. The quantitative estimate of drug-likeness (QED) is 0.670. The zero-order valence-electron chi connectivity index (χ0n) is 14.6. The molecule has 0 aromatic rings. The Morgan fingerprint density at radius 1 is 1.10 bits per heavy atom. The summed E-state index contributed by atoms with van der Waals surface area (Å²) in [6.45, 7) is 11.1. The Kier molecular flexibility index (Phi) is 9.31. The van der Waals surface area contributed by atoms with E-state index in [4.69, 9.17) is 5.11 Å². The first kappa shape index (κ1) is 19.9. The van der Waals surface area contributed by atoms with Gasteiger partial charge in [0, 0.05) is 25.9 Å². The standard InChI is InChI=1S/C17H33NO3/c1-7-13(3)17(21)18(6)9-8-12(2)10-14(4)15(5)11-16(19)20/h12-15H,7-11H2,1-6H3,(H,19,20)/t12-,13+,14-,15+/m0/s1. The number of carboxylic acid groups (broad SMARTS) is 1. The number of carbonyl (C=O) groups excluding carboxylic acids is 1. The SMILES string of the molecule is CC[C@@H](C)C(=O)N(C)CC[C@H](C)C[C@H](C)[C@H](C)CC(=O)O. The highest BCUT2D eigenvalue weighted by molar-refractivity contribution is 5.78. The lowest BCUT2D eigenvalue weighted by Crippen LogP contribution is -2.33. The summed E-state index contributed by atoms with van der Waals surface area (Å²) in [6, 6.07) is 0. The van der Waals surface area contributed by atoms with Crippen LogP contribution >= 0.6 is 0 Å². The minimum atomic E-state index is -0.721. The maximum Gasteiger partial charge on any atom is 0.303 e. The van der Waals surface area contributed by atoms with Gasteiger partial charge in [-0.15, -0.1) is 0 Å². The third-order valence-electron chi connectivity index (χ3n) is 4.61. The second-order valence-corrected chi connectivity index (χ2v) is 6.75. The summed E-state index contributed by atoms with van der Waals surface area (Å²) in [5.41, 5.74) is 0. The van der Waals surface area contributed by atoms with Crippen molar-refractivity contribution in [2.75, 3.05) is 13.6 Å². The van der Waals surface area contributed by atoms with Crippen molar-refractivity contribution < 1.29 is 14.7 Å². The lowest BCUT2D eigenvalue weighted by atomic mass is 9.84. The molecule has 0 aromatic carbocycles. The van der Waals surface area contributed by atoms with E-state index in [0.717, 1.165) is 25.8 Å². The van der Waals surface area contributed by atoms with Crippen molar-refractivity contribution in [2.45, 2.75) is 60.3 Å². The molecule has 0 aromatic heterocycles. The zero-order valence-corrected chi connectivity index (χ0v) is 14.6. The molecule has 1 N–H and O–H groups in total. The Labute approximate surface area is 129 Å². The van der Waals surface area contributed by atoms with Crippen molar-refractivity contribution in [3.05, 3.63) is 0 Å². The first-order valence-corrected chi connectivity index (χ1v) is 8.15. The molecule has 0 saturated heterocycles. The highest BCUT2D eigenvalue weighted by atomic mass is 16.4. The molecule has 0 rings (SSSR count). The van der Waals surface area contributed by atoms with Gasteiger partial charge < -0.3 is 10.0 Å². The van der Waals surface area contributed by atoms with E-state index in [1.807, 2.05) is 32.7 Å². The van der Waals surface area contributed by atoms with Gasteiger partial charge in [-0.1, -0.05) is 34.6 Å². The third kappa shape index (κ3) is 8.08. The number of hydrogen-bond donors (Lipinski definition) is 1. The van der Waals surface area contributed by atoms with Crippen LogP contribution in [0.1, 0.15) is 60.3 Å². The van der Waals surface area contributed by atoms with Crippen LogP contribution < -0.4 is 0 Å². The summed E-state index contributed by atoms with van der Waals surface area (Å²) >= 11 is 0. The normalized spacial score (nSPS) is 16.9. The molecule has 4 heteroatoms. The molecule has 0 aliphatic rings. The van der Waals surface area contributed by atoms with Gasteiger partial charge in [-0.05, 0) is 37.0 Å². The average molecular weight is 299 g/mol. The van der Waals surface area contributed by atoms with E-state index < -0.39 is 5.97 Å². The average Bonchev–Trinajstić information content (AvgIpc) is 2.42. The van der Waals surface area contributed by atoms with E-state index in [-0.39, 0.29) is 24.2 Å². The Morgan fingerprint density at radius 3 is 2.14 bits per heavy atom. The Morgan fingerprint density at radius 2 is 1.67 bits per heavy atom. The fourth-order valence-electron chi connectivity index (χ4n) is 2.54. The van der Waals surface area contributed by atoms with Gasteiger partial charge in [-0.25, -0.2) is 0 Å². The van der Waals surface area contributed by atoms with Gasteiger partial charge in [0.25, 0.3) is 0 Å². The van der Waals surface area contributed by atoms with Crippen molar-refractivity contribution in [2.24, 2.45) is 23.7 Å². The summed E-state index contributed by atoms with van der Waals surface area (Å²) in [6.07, 6.45) is 3.10. The second-order valence-electron chi connectivity index (χ2n) is 6.75. The predicted octanol–water partition coefficient (Wildman–Crippen LogP) is 3.65. The van der Waals surface area contributed by atoms with Crippen LogP contribution in [0.25, 0.3) is 0 Å². The van der Waals surface area contributed by atoms with Crippen LogP contribution in [0, 0.1) is 23.7 Å². The van der Waals surface area contributed by atoms with Gasteiger partial charge in [-0.3, -0.25) is 9.59 Å². The largest absolute Gasteiger partial charge is 0.481 e. The lowest BCUT2D eigenvalue weighted by molar-refractivity contribution is -0.138. The van der Waals surface area contributed by atoms with E-state index in [9.17, 15) is 9.59 Å². The minimum absolute atomic E-state index is 0.0971. The fourth-order valence-corrected chi connectivity index (χ4v) is 2.54. The Balaban J connectivity index is 4.12. The summed E-state index contributed by atoms with van der Waals surface area (Å²) in [5.74, 6) is 0.692. The van der Waals surface area contributed by atoms with Crippen LogP contribution in [-0.4, -0.2) is 35.5 Å². The number of aliphatic carboxylic acids is 1. The molecule has 0 heterocycles. The zero-order chi connectivity index (χ0) is 16.6. The first-order chi connectivity index (χ1) is 9.68. The topological polar surface area (TPSA) is 57.6 Å². The van der Waals surface area contributed by atoms with Crippen molar-refractivity contribution >= 4 is 11.9 Å². The molecule has 124 valence electrons. The molecule has 0 aliphatic heterocycles. The first-order valence-electron chi connectivity index (χ1n) is 8.15. The highest BCUT2D eigenvalue weighted by Crippen LogP contribution is 2.24. The van der Waals surface area contributed by atoms with Crippen LogP contribution in [0.15, 0.2) is 0 Å². The number of rotatable bonds is 10. The Hall–Kier alpha value is -1.06. The molecule has 0 aliphatic carbocycles. The van der Waals surface area contributed by atoms with Crippen LogP contribution in [0.5, 0.6) is 0 Å². The third-order valence-corrected chi connectivity index (χ3v) is 4.61. The van der Waals surface area contributed by atoms with E-state index in [1.54, 1.807) is 0 Å². The van der Waals surface area contributed by atoms with Gasteiger partial charge in [-0.2, -0.15) is 0 Å². The molecule has 0 fully saturated rings. The molecule has 0 unspecified atom stereocenters. The number of carbonyl (C=O) groups is 2. The van der Waals surface area contributed by atoms with E-state index in [0.29, 0.717) is 11.8 Å². The van der Waals surface area contributed by atoms with Crippen molar-refractivity contribution in [1.82, 2.24) is 4.90 Å². The molecule has 4 atom stereocenters. The molecule has 0 saturated carbocycles. The fraction of sp³-hybridized carbons (Fsp3) is 0.882. The minimum Gasteiger partial charge on any atom is -0.481 e. The van der Waals surface area contributed by atoms with Gasteiger partial charge in [0.05, 0.1) is 0 Å². The van der Waals surface area contributed by atoms with Crippen LogP contribution in [-0.2, 0) is 9.59 Å². The van der Waals surface area contributed by atoms with Crippen molar-refractivity contribution in [1.29, 1.82) is 0 Å². The molecule has 1 amide bonds. The molecular weight excluding hydrogens is 266 g/mol. The number of nitrogens with zero attached hydrogens (tertiary/aromatic N) is 1. The molecule has 0 spiro atoms. The monoisotopic (exact) mass is 299 g/mol. The molecule has 21 heavy (non-hydrogen) atoms. The highest BCUT2D eigenvalue weighted by Gasteiger charge is 2.20. The van der Waals surface area contributed by atoms with Gasteiger partial charge in [0.2, 0.25) is 5.91 Å². The van der Waals surface area contributed by atoms with Crippen LogP contribution in [0.3, 0.4) is 0 Å². The maximum absolute atomic E-state index is 12.0. The second kappa shape index (κ2) is 9.80. The van der Waals surface area contributed by atoms with Gasteiger partial charge >= 0.3 is 5.97 Å². The lowest BCUT2D eigenvalue weighted by Gasteiger charge is -2.25. The van der Waals surface area contributed by atoms with Crippen LogP contribution in [0.4, 0.5) is 0 Å².